The van der Waals surface area contributed by atoms with Crippen molar-refractivity contribution in [1.82, 2.24) is 0 Å². The summed E-state index contributed by atoms with van der Waals surface area (Å²) >= 11 is 0. The highest BCUT2D eigenvalue weighted by atomic mass is 16.5. The van der Waals surface area contributed by atoms with Gasteiger partial charge in [0.05, 0.1) is 17.6 Å². The quantitative estimate of drug-likeness (QED) is 0.797. The van der Waals surface area contributed by atoms with Crippen molar-refractivity contribution in [2.45, 2.75) is 51.2 Å². The first-order valence-corrected chi connectivity index (χ1v) is 6.12. The Balaban J connectivity index is 1.94. The molecule has 2 fully saturated rings. The predicted octanol–water partition coefficient (Wildman–Crippen LogP) is 1.83. The molecule has 2 aliphatic heterocycles. The molecule has 2 rings (SSSR count). The molecule has 0 aromatic heterocycles. The number of carbonyl (C=O) groups is 1. The van der Waals surface area contributed by atoms with E-state index in [0.29, 0.717) is 19.4 Å². The number of carboxylic acids is 1. The summed E-state index contributed by atoms with van der Waals surface area (Å²) in [7, 11) is 0. The fourth-order valence-electron chi connectivity index (χ4n) is 2.79. The van der Waals surface area contributed by atoms with E-state index >= 15 is 0 Å². The molecule has 4 nitrogen and oxygen atoms in total. The second-order valence-electron chi connectivity index (χ2n) is 4.90. The van der Waals surface area contributed by atoms with Gasteiger partial charge in [0.1, 0.15) is 0 Å². The Bertz CT molecular complexity index is 260. The Hall–Kier alpha value is -0.610. The molecule has 3 unspecified atom stereocenters. The third-order valence-corrected chi connectivity index (χ3v) is 4.06. The Labute approximate surface area is 95.9 Å². The highest BCUT2D eigenvalue weighted by Crippen LogP contribution is 2.40. The molecule has 3 atom stereocenters. The minimum Gasteiger partial charge on any atom is -0.481 e. The van der Waals surface area contributed by atoms with Gasteiger partial charge in [0, 0.05) is 13.2 Å². The molecule has 2 saturated heterocycles. The van der Waals surface area contributed by atoms with Gasteiger partial charge in [-0.05, 0) is 39.0 Å². The minimum absolute atomic E-state index is 0.175. The standard InChI is InChI=1S/C12H20O4/c1-9-12(11(13)14,6-8-15-9)5-4-10-3-2-7-16-10/h9-10H,2-8H2,1H3,(H,13,14). The van der Waals surface area contributed by atoms with E-state index in [9.17, 15) is 9.90 Å². The maximum Gasteiger partial charge on any atom is 0.312 e. The molecule has 2 heterocycles. The van der Waals surface area contributed by atoms with Gasteiger partial charge in [-0.1, -0.05) is 0 Å². The van der Waals surface area contributed by atoms with Crippen molar-refractivity contribution in [1.29, 1.82) is 0 Å². The molecule has 0 bridgehead atoms. The fraction of sp³-hybridized carbons (Fsp3) is 0.917. The molecule has 0 radical (unpaired) electrons. The number of hydrogen-bond acceptors (Lipinski definition) is 3. The first-order chi connectivity index (χ1) is 7.65. The average molecular weight is 228 g/mol. The summed E-state index contributed by atoms with van der Waals surface area (Å²) in [5.74, 6) is -0.713. The van der Waals surface area contributed by atoms with Crippen LogP contribution in [0.3, 0.4) is 0 Å². The van der Waals surface area contributed by atoms with Gasteiger partial charge in [-0.2, -0.15) is 0 Å². The summed E-state index contributed by atoms with van der Waals surface area (Å²) in [4.78, 5) is 11.4. The van der Waals surface area contributed by atoms with Crippen molar-refractivity contribution < 1.29 is 19.4 Å². The van der Waals surface area contributed by atoms with Crippen LogP contribution in [0, 0.1) is 5.41 Å². The zero-order valence-corrected chi connectivity index (χ0v) is 9.78. The molecule has 0 saturated carbocycles. The molecular weight excluding hydrogens is 208 g/mol. The van der Waals surface area contributed by atoms with Crippen molar-refractivity contribution in [2.75, 3.05) is 13.2 Å². The summed E-state index contributed by atoms with van der Waals surface area (Å²) in [5, 5.41) is 9.39. The Morgan fingerprint density at radius 3 is 2.75 bits per heavy atom. The van der Waals surface area contributed by atoms with E-state index in [1.54, 1.807) is 0 Å². The van der Waals surface area contributed by atoms with Crippen molar-refractivity contribution in [3.63, 3.8) is 0 Å². The van der Waals surface area contributed by atoms with E-state index in [1.807, 2.05) is 6.92 Å². The van der Waals surface area contributed by atoms with Gasteiger partial charge >= 0.3 is 5.97 Å². The lowest BCUT2D eigenvalue weighted by Crippen LogP contribution is -2.38. The molecule has 16 heavy (non-hydrogen) atoms. The van der Waals surface area contributed by atoms with Crippen LogP contribution in [0.1, 0.15) is 39.0 Å². The number of ether oxygens (including phenoxy) is 2. The molecular formula is C12H20O4. The van der Waals surface area contributed by atoms with E-state index in [4.69, 9.17) is 9.47 Å². The van der Waals surface area contributed by atoms with Crippen molar-refractivity contribution in [2.24, 2.45) is 5.41 Å². The first-order valence-electron chi connectivity index (χ1n) is 6.12. The monoisotopic (exact) mass is 228 g/mol. The topological polar surface area (TPSA) is 55.8 Å². The van der Waals surface area contributed by atoms with E-state index in [0.717, 1.165) is 25.9 Å². The van der Waals surface area contributed by atoms with E-state index in [-0.39, 0.29) is 12.2 Å². The zero-order chi connectivity index (χ0) is 11.6. The Morgan fingerprint density at radius 2 is 2.25 bits per heavy atom. The normalized spacial score (nSPS) is 39.1. The summed E-state index contributed by atoms with van der Waals surface area (Å²) in [6.07, 6.45) is 4.43. The van der Waals surface area contributed by atoms with Gasteiger partial charge in [-0.3, -0.25) is 4.79 Å². The molecule has 2 aliphatic rings. The molecule has 0 aliphatic carbocycles. The van der Waals surface area contributed by atoms with Gasteiger partial charge in [-0.15, -0.1) is 0 Å². The second kappa shape index (κ2) is 4.72. The van der Waals surface area contributed by atoms with Gasteiger partial charge in [0.15, 0.2) is 0 Å². The van der Waals surface area contributed by atoms with Gasteiger partial charge in [0.2, 0.25) is 0 Å². The summed E-state index contributed by atoms with van der Waals surface area (Å²) in [5.41, 5.74) is -0.675. The molecule has 0 aromatic carbocycles. The van der Waals surface area contributed by atoms with Crippen LogP contribution in [0.25, 0.3) is 0 Å². The molecule has 92 valence electrons. The summed E-state index contributed by atoms with van der Waals surface area (Å²) < 4.78 is 11.0. The summed E-state index contributed by atoms with van der Waals surface area (Å²) in [6.45, 7) is 3.27. The van der Waals surface area contributed by atoms with Gasteiger partial charge in [0.25, 0.3) is 0 Å². The Kier molecular flexibility index (Phi) is 3.50. The number of carboxylic acid groups (broad SMARTS) is 1. The van der Waals surface area contributed by atoms with Crippen molar-refractivity contribution in [3.05, 3.63) is 0 Å². The molecule has 0 amide bonds. The largest absolute Gasteiger partial charge is 0.481 e. The van der Waals surface area contributed by atoms with Crippen LogP contribution in [-0.4, -0.2) is 36.5 Å². The highest BCUT2D eigenvalue weighted by molar-refractivity contribution is 5.75. The zero-order valence-electron chi connectivity index (χ0n) is 9.78. The maximum absolute atomic E-state index is 11.4. The van der Waals surface area contributed by atoms with Crippen LogP contribution in [0.5, 0.6) is 0 Å². The first kappa shape index (κ1) is 11.9. The van der Waals surface area contributed by atoms with Crippen LogP contribution in [-0.2, 0) is 14.3 Å². The third kappa shape index (κ3) is 2.09. The fourth-order valence-corrected chi connectivity index (χ4v) is 2.79. The lowest BCUT2D eigenvalue weighted by atomic mass is 9.77. The molecule has 0 spiro atoms. The minimum atomic E-state index is -0.713. The molecule has 0 aromatic rings. The van der Waals surface area contributed by atoms with E-state index < -0.39 is 11.4 Å². The maximum atomic E-state index is 11.4. The van der Waals surface area contributed by atoms with Crippen LogP contribution < -0.4 is 0 Å². The lowest BCUT2D eigenvalue weighted by Gasteiger charge is -2.28. The molecule has 4 heteroatoms. The lowest BCUT2D eigenvalue weighted by molar-refractivity contribution is -0.152. The van der Waals surface area contributed by atoms with Crippen LogP contribution in [0.4, 0.5) is 0 Å². The average Bonchev–Trinajstić information content (AvgIpc) is 2.85. The third-order valence-electron chi connectivity index (χ3n) is 4.06. The second-order valence-corrected chi connectivity index (χ2v) is 4.90. The SMILES string of the molecule is CC1OCCC1(CCC1CCCO1)C(=O)O. The highest BCUT2D eigenvalue weighted by Gasteiger charge is 2.48. The van der Waals surface area contributed by atoms with Gasteiger partial charge in [-0.25, -0.2) is 0 Å². The van der Waals surface area contributed by atoms with Crippen LogP contribution >= 0.6 is 0 Å². The predicted molar refractivity (Wildman–Crippen MR) is 58.3 cm³/mol. The van der Waals surface area contributed by atoms with Crippen LogP contribution in [0.15, 0.2) is 0 Å². The van der Waals surface area contributed by atoms with E-state index in [1.165, 1.54) is 0 Å². The summed E-state index contributed by atoms with van der Waals surface area (Å²) in [6, 6.07) is 0. The van der Waals surface area contributed by atoms with Crippen LogP contribution in [0.2, 0.25) is 0 Å². The smallest absolute Gasteiger partial charge is 0.312 e. The molecule has 1 N–H and O–H groups in total. The number of hydrogen-bond donors (Lipinski definition) is 1. The van der Waals surface area contributed by atoms with Crippen molar-refractivity contribution >= 4 is 5.97 Å². The number of rotatable bonds is 4. The number of aliphatic carboxylic acids is 1. The van der Waals surface area contributed by atoms with Gasteiger partial charge < -0.3 is 14.6 Å². The van der Waals surface area contributed by atoms with Crippen molar-refractivity contribution in [3.8, 4) is 0 Å². The Morgan fingerprint density at radius 1 is 1.44 bits per heavy atom. The van der Waals surface area contributed by atoms with E-state index in [2.05, 4.69) is 0 Å².